The molecule has 1 aromatic heterocycles. The van der Waals surface area contributed by atoms with Gasteiger partial charge in [0.25, 0.3) is 0 Å². The molecule has 0 atom stereocenters. The van der Waals surface area contributed by atoms with Crippen molar-refractivity contribution >= 4 is 18.2 Å². The van der Waals surface area contributed by atoms with Gasteiger partial charge in [-0.2, -0.15) is 0 Å². The number of ether oxygens (including phenoxy) is 1. The monoisotopic (exact) mass is 223 g/mol. The Kier molecular flexibility index (Phi) is 2.86. The van der Waals surface area contributed by atoms with Crippen LogP contribution in [0.4, 0.5) is 0 Å². The number of nitrogens with one attached hydrogen (secondary N) is 1. The predicted molar refractivity (Wildman–Crippen MR) is 59.6 cm³/mol. The van der Waals surface area contributed by atoms with Gasteiger partial charge in [-0.15, -0.1) is 0 Å². The second-order valence-corrected chi connectivity index (χ2v) is 4.12. The molecule has 0 spiro atoms. The van der Waals surface area contributed by atoms with Crippen LogP contribution in [0.5, 0.6) is 0 Å². The van der Waals surface area contributed by atoms with Crippen molar-refractivity contribution in [2.45, 2.75) is 25.7 Å². The van der Waals surface area contributed by atoms with E-state index in [1.807, 2.05) is 6.07 Å². The number of methoxy groups -OCH3 is 1. The van der Waals surface area contributed by atoms with E-state index in [9.17, 15) is 4.79 Å². The first kappa shape index (κ1) is 10.4. The molecule has 1 aliphatic carbocycles. The van der Waals surface area contributed by atoms with Gasteiger partial charge in [0.1, 0.15) is 4.64 Å². The number of pyridine rings is 1. The lowest BCUT2D eigenvalue weighted by atomic mass is 9.95. The molecule has 0 aliphatic heterocycles. The molecule has 1 heterocycles. The van der Waals surface area contributed by atoms with Crippen LogP contribution >= 0.6 is 12.2 Å². The molecule has 15 heavy (non-hydrogen) atoms. The molecule has 0 radical (unpaired) electrons. The number of esters is 1. The van der Waals surface area contributed by atoms with Gasteiger partial charge in [-0.05, 0) is 37.3 Å². The summed E-state index contributed by atoms with van der Waals surface area (Å²) in [6.45, 7) is 0. The summed E-state index contributed by atoms with van der Waals surface area (Å²) in [5.74, 6) is -0.357. The first-order valence-corrected chi connectivity index (χ1v) is 5.46. The first-order chi connectivity index (χ1) is 7.22. The zero-order chi connectivity index (χ0) is 10.8. The largest absolute Gasteiger partial charge is 0.465 e. The number of aromatic nitrogens is 1. The van der Waals surface area contributed by atoms with E-state index < -0.39 is 0 Å². The van der Waals surface area contributed by atoms with Crippen molar-refractivity contribution in [3.8, 4) is 0 Å². The summed E-state index contributed by atoms with van der Waals surface area (Å²) in [6, 6.07) is 1.87. The third-order valence-corrected chi connectivity index (χ3v) is 3.07. The van der Waals surface area contributed by atoms with Crippen LogP contribution in [0.3, 0.4) is 0 Å². The fourth-order valence-electron chi connectivity index (χ4n) is 1.94. The molecule has 0 aromatic carbocycles. The van der Waals surface area contributed by atoms with E-state index in [4.69, 9.17) is 12.2 Å². The van der Waals surface area contributed by atoms with Gasteiger partial charge >= 0.3 is 5.97 Å². The first-order valence-electron chi connectivity index (χ1n) is 5.06. The van der Waals surface area contributed by atoms with Crippen LogP contribution in [0.25, 0.3) is 0 Å². The highest BCUT2D eigenvalue weighted by molar-refractivity contribution is 7.71. The standard InChI is InChI=1S/C11H13NO2S/c1-14-11(13)8-6-7-4-2-3-5-9(7)12-10(8)15/h6H,2-5H2,1H3,(H,12,15). The zero-order valence-electron chi connectivity index (χ0n) is 8.63. The lowest BCUT2D eigenvalue weighted by molar-refractivity contribution is 0.0599. The van der Waals surface area contributed by atoms with Crippen LogP contribution < -0.4 is 0 Å². The lowest BCUT2D eigenvalue weighted by Gasteiger charge is -2.16. The molecule has 80 valence electrons. The maximum atomic E-state index is 11.4. The summed E-state index contributed by atoms with van der Waals surface area (Å²) < 4.78 is 5.17. The van der Waals surface area contributed by atoms with Crippen molar-refractivity contribution in [3.63, 3.8) is 0 Å². The van der Waals surface area contributed by atoms with Gasteiger partial charge in [0, 0.05) is 5.69 Å². The number of aromatic amines is 1. The van der Waals surface area contributed by atoms with Crippen molar-refractivity contribution < 1.29 is 9.53 Å². The van der Waals surface area contributed by atoms with Gasteiger partial charge in [-0.1, -0.05) is 12.2 Å². The molecule has 0 amide bonds. The number of carbonyl (C=O) groups excluding carboxylic acids is 1. The number of rotatable bonds is 1. The predicted octanol–water partition coefficient (Wildman–Crippen LogP) is 2.41. The number of H-pyrrole nitrogens is 1. The summed E-state index contributed by atoms with van der Waals surface area (Å²) in [5, 5.41) is 0. The second-order valence-electron chi connectivity index (χ2n) is 3.71. The summed E-state index contributed by atoms with van der Waals surface area (Å²) in [7, 11) is 1.37. The summed E-state index contributed by atoms with van der Waals surface area (Å²) in [6.07, 6.45) is 4.42. The molecule has 3 nitrogen and oxygen atoms in total. The number of aryl methyl sites for hydroxylation is 2. The number of fused-ring (bicyclic) bond motifs is 1. The smallest absolute Gasteiger partial charge is 0.340 e. The summed E-state index contributed by atoms with van der Waals surface area (Å²) in [4.78, 5) is 14.5. The normalized spacial score (nSPS) is 14.5. The molecular formula is C11H13NO2S. The lowest BCUT2D eigenvalue weighted by Crippen LogP contribution is -2.10. The quantitative estimate of drug-likeness (QED) is 0.587. The average molecular weight is 223 g/mol. The van der Waals surface area contributed by atoms with Gasteiger partial charge in [0.2, 0.25) is 0 Å². The van der Waals surface area contributed by atoms with E-state index in [2.05, 4.69) is 9.72 Å². The number of carbonyl (C=O) groups is 1. The van der Waals surface area contributed by atoms with E-state index in [1.54, 1.807) is 0 Å². The van der Waals surface area contributed by atoms with E-state index >= 15 is 0 Å². The van der Waals surface area contributed by atoms with Gasteiger partial charge in [0.15, 0.2) is 0 Å². The van der Waals surface area contributed by atoms with Crippen molar-refractivity contribution in [3.05, 3.63) is 27.5 Å². The van der Waals surface area contributed by atoms with Crippen molar-refractivity contribution in [2.24, 2.45) is 0 Å². The van der Waals surface area contributed by atoms with E-state index in [1.165, 1.54) is 31.2 Å². The Morgan fingerprint density at radius 2 is 2.20 bits per heavy atom. The molecule has 2 rings (SSSR count). The third kappa shape index (κ3) is 1.95. The molecule has 0 bridgehead atoms. The molecule has 0 fully saturated rings. The topological polar surface area (TPSA) is 42.1 Å². The molecule has 0 unspecified atom stereocenters. The van der Waals surface area contributed by atoms with Gasteiger partial charge < -0.3 is 9.72 Å². The van der Waals surface area contributed by atoms with Crippen LogP contribution in [0.2, 0.25) is 0 Å². The molecule has 0 saturated heterocycles. The number of hydrogen-bond donors (Lipinski definition) is 1. The molecule has 0 saturated carbocycles. The van der Waals surface area contributed by atoms with E-state index in [0.29, 0.717) is 10.2 Å². The molecule has 1 aromatic rings. The minimum atomic E-state index is -0.357. The maximum Gasteiger partial charge on any atom is 0.340 e. The Morgan fingerprint density at radius 3 is 2.93 bits per heavy atom. The van der Waals surface area contributed by atoms with E-state index in [0.717, 1.165) is 12.8 Å². The highest BCUT2D eigenvalue weighted by Crippen LogP contribution is 2.21. The summed E-state index contributed by atoms with van der Waals surface area (Å²) in [5.41, 5.74) is 2.86. The zero-order valence-corrected chi connectivity index (χ0v) is 9.45. The van der Waals surface area contributed by atoms with Gasteiger partial charge in [0.05, 0.1) is 12.7 Å². The Hall–Kier alpha value is -1.16. The average Bonchev–Trinajstić information content (AvgIpc) is 2.27. The van der Waals surface area contributed by atoms with Crippen LogP contribution in [0.15, 0.2) is 6.07 Å². The Morgan fingerprint density at radius 1 is 1.47 bits per heavy atom. The Balaban J connectivity index is 2.49. The van der Waals surface area contributed by atoms with Crippen molar-refractivity contribution in [1.29, 1.82) is 0 Å². The fourth-order valence-corrected chi connectivity index (χ4v) is 2.20. The highest BCUT2D eigenvalue weighted by Gasteiger charge is 2.15. The number of hydrogen-bond acceptors (Lipinski definition) is 3. The molecular weight excluding hydrogens is 210 g/mol. The van der Waals surface area contributed by atoms with Crippen molar-refractivity contribution in [1.82, 2.24) is 4.98 Å². The van der Waals surface area contributed by atoms with Crippen molar-refractivity contribution in [2.75, 3.05) is 7.11 Å². The molecule has 4 heteroatoms. The van der Waals surface area contributed by atoms with Crippen LogP contribution in [-0.2, 0) is 17.6 Å². The third-order valence-electron chi connectivity index (χ3n) is 2.74. The summed E-state index contributed by atoms with van der Waals surface area (Å²) >= 11 is 5.12. The highest BCUT2D eigenvalue weighted by atomic mass is 32.1. The fraction of sp³-hybridized carbons (Fsp3) is 0.455. The van der Waals surface area contributed by atoms with Crippen LogP contribution in [0.1, 0.15) is 34.5 Å². The van der Waals surface area contributed by atoms with Gasteiger partial charge in [-0.25, -0.2) is 4.79 Å². The SMILES string of the molecule is COC(=O)c1cc2c([nH]c1=S)CCCC2. The van der Waals surface area contributed by atoms with Crippen LogP contribution in [0, 0.1) is 4.64 Å². The van der Waals surface area contributed by atoms with E-state index in [-0.39, 0.29) is 5.97 Å². The maximum absolute atomic E-state index is 11.4. The second kappa shape index (κ2) is 4.14. The molecule has 1 N–H and O–H groups in total. The van der Waals surface area contributed by atoms with Gasteiger partial charge in [-0.3, -0.25) is 0 Å². The van der Waals surface area contributed by atoms with Crippen LogP contribution in [-0.4, -0.2) is 18.1 Å². The Bertz CT molecular complexity index is 450. The minimum Gasteiger partial charge on any atom is -0.465 e. The Labute approximate surface area is 93.5 Å². The molecule has 1 aliphatic rings. The minimum absolute atomic E-state index is 0.357.